The molecule has 0 radical (unpaired) electrons. The predicted octanol–water partition coefficient (Wildman–Crippen LogP) is 0.218. The van der Waals surface area contributed by atoms with Crippen LogP contribution in [0.3, 0.4) is 0 Å². The van der Waals surface area contributed by atoms with Gasteiger partial charge in [-0.15, -0.1) is 0 Å². The fourth-order valence-corrected chi connectivity index (χ4v) is 3.10. The molecule has 0 saturated carbocycles. The summed E-state index contributed by atoms with van der Waals surface area (Å²) in [4.78, 5) is 30.9. The number of aliphatic hydroxyl groups excluding tert-OH is 2. The molecule has 0 aliphatic carbocycles. The van der Waals surface area contributed by atoms with E-state index in [0.717, 1.165) is 12.0 Å². The maximum Gasteiger partial charge on any atom is 0.329 e. The van der Waals surface area contributed by atoms with Gasteiger partial charge in [0.15, 0.2) is 11.2 Å². The molecule has 2 atom stereocenters. The molecule has 2 aromatic heterocycles. The molecule has 0 spiro atoms. The lowest BCUT2D eigenvalue weighted by Gasteiger charge is -2.16. The second-order valence-electron chi connectivity index (χ2n) is 7.23. The molecule has 162 valence electrons. The van der Waals surface area contributed by atoms with Gasteiger partial charge < -0.3 is 24.8 Å². The third kappa shape index (κ3) is 4.71. The number of rotatable bonds is 9. The molecule has 3 rings (SSSR count). The standard InChI is InChI=1S/C20H27N5O5/c1-4-13-6-5-7-15(8-13)30-11-14(27)10-25-16-17(22-19(25)21-9-12(2)26)24(3)20(29)23-18(16)28/h5-8,12,14,26-27H,4,9-11H2,1-3H3,(H,21,22)(H,23,28,29)/t12-,14+/m0/s1. The van der Waals surface area contributed by atoms with E-state index < -0.39 is 23.5 Å². The molecule has 0 aliphatic heterocycles. The molecular weight excluding hydrogens is 390 g/mol. The quantitative estimate of drug-likeness (QED) is 0.391. The van der Waals surface area contributed by atoms with Crippen LogP contribution in [0.5, 0.6) is 5.75 Å². The number of hydrogen-bond acceptors (Lipinski definition) is 7. The van der Waals surface area contributed by atoms with Gasteiger partial charge in [0.1, 0.15) is 18.5 Å². The highest BCUT2D eigenvalue weighted by atomic mass is 16.5. The monoisotopic (exact) mass is 417 g/mol. The van der Waals surface area contributed by atoms with Crippen molar-refractivity contribution in [2.45, 2.75) is 39.0 Å². The van der Waals surface area contributed by atoms with Gasteiger partial charge in [0.05, 0.1) is 12.6 Å². The minimum atomic E-state index is -0.948. The number of fused-ring (bicyclic) bond motifs is 1. The number of aryl methyl sites for hydroxylation is 2. The fraction of sp³-hybridized carbons (Fsp3) is 0.450. The van der Waals surface area contributed by atoms with Gasteiger partial charge in [-0.3, -0.25) is 14.3 Å². The number of aromatic amines is 1. The third-order valence-corrected chi connectivity index (χ3v) is 4.71. The molecule has 0 bridgehead atoms. The number of ether oxygens (including phenoxy) is 1. The van der Waals surface area contributed by atoms with Crippen molar-refractivity contribution in [1.29, 1.82) is 0 Å². The highest BCUT2D eigenvalue weighted by molar-refractivity contribution is 5.74. The van der Waals surface area contributed by atoms with Crippen LogP contribution in [0.2, 0.25) is 0 Å². The Kier molecular flexibility index (Phi) is 6.58. The smallest absolute Gasteiger partial charge is 0.329 e. The normalized spacial score (nSPS) is 13.4. The summed E-state index contributed by atoms with van der Waals surface area (Å²) in [5.41, 5.74) is 0.269. The maximum absolute atomic E-state index is 12.4. The topological polar surface area (TPSA) is 134 Å². The number of nitrogens with one attached hydrogen (secondary N) is 2. The first kappa shape index (κ1) is 21.6. The zero-order valence-electron chi connectivity index (χ0n) is 17.3. The summed E-state index contributed by atoms with van der Waals surface area (Å²) in [6, 6.07) is 7.61. The molecule has 0 unspecified atom stereocenters. The lowest BCUT2D eigenvalue weighted by atomic mass is 10.2. The van der Waals surface area contributed by atoms with Crippen molar-refractivity contribution in [2.24, 2.45) is 7.05 Å². The van der Waals surface area contributed by atoms with Crippen molar-refractivity contribution in [1.82, 2.24) is 19.1 Å². The van der Waals surface area contributed by atoms with Gasteiger partial charge >= 0.3 is 5.69 Å². The molecular formula is C20H27N5O5. The summed E-state index contributed by atoms with van der Waals surface area (Å²) in [7, 11) is 1.50. The summed E-state index contributed by atoms with van der Waals surface area (Å²) in [6.07, 6.45) is -0.725. The number of benzene rings is 1. The van der Waals surface area contributed by atoms with Crippen LogP contribution in [-0.4, -0.2) is 54.7 Å². The number of aliphatic hydroxyl groups is 2. The number of nitrogens with zero attached hydrogens (tertiary/aromatic N) is 3. The van der Waals surface area contributed by atoms with Gasteiger partial charge in [-0.1, -0.05) is 19.1 Å². The van der Waals surface area contributed by atoms with Crippen LogP contribution in [0.1, 0.15) is 19.4 Å². The molecule has 4 N–H and O–H groups in total. The van der Waals surface area contributed by atoms with Crippen LogP contribution in [0.15, 0.2) is 33.9 Å². The summed E-state index contributed by atoms with van der Waals surface area (Å²) < 4.78 is 8.41. The molecule has 1 aromatic carbocycles. The van der Waals surface area contributed by atoms with E-state index in [1.165, 1.54) is 16.2 Å². The van der Waals surface area contributed by atoms with E-state index in [1.807, 2.05) is 31.2 Å². The first-order valence-electron chi connectivity index (χ1n) is 9.81. The van der Waals surface area contributed by atoms with E-state index in [9.17, 15) is 19.8 Å². The first-order chi connectivity index (χ1) is 14.3. The maximum atomic E-state index is 12.4. The predicted molar refractivity (Wildman–Crippen MR) is 113 cm³/mol. The van der Waals surface area contributed by atoms with Gasteiger partial charge in [-0.05, 0) is 31.0 Å². The van der Waals surface area contributed by atoms with Crippen molar-refractivity contribution >= 4 is 17.1 Å². The molecule has 0 amide bonds. The minimum Gasteiger partial charge on any atom is -0.491 e. The largest absolute Gasteiger partial charge is 0.491 e. The molecule has 10 nitrogen and oxygen atoms in total. The Morgan fingerprint density at radius 2 is 2.07 bits per heavy atom. The van der Waals surface area contributed by atoms with Crippen LogP contribution in [0.4, 0.5) is 5.95 Å². The van der Waals surface area contributed by atoms with Crippen molar-refractivity contribution in [3.05, 3.63) is 50.7 Å². The Morgan fingerprint density at radius 3 is 2.77 bits per heavy atom. The van der Waals surface area contributed by atoms with E-state index in [0.29, 0.717) is 5.75 Å². The Labute approximate surface area is 172 Å². The molecule has 0 aliphatic rings. The number of hydrogen-bond donors (Lipinski definition) is 4. The van der Waals surface area contributed by atoms with Gasteiger partial charge in [0.25, 0.3) is 5.56 Å². The zero-order valence-corrected chi connectivity index (χ0v) is 17.3. The number of imidazole rings is 1. The van der Waals surface area contributed by atoms with Gasteiger partial charge in [0.2, 0.25) is 5.95 Å². The molecule has 0 saturated heterocycles. The third-order valence-electron chi connectivity index (χ3n) is 4.71. The number of H-pyrrole nitrogens is 1. The van der Waals surface area contributed by atoms with Gasteiger partial charge in [-0.2, -0.15) is 4.98 Å². The van der Waals surface area contributed by atoms with E-state index in [-0.39, 0.29) is 36.8 Å². The van der Waals surface area contributed by atoms with E-state index in [2.05, 4.69) is 15.3 Å². The van der Waals surface area contributed by atoms with E-state index >= 15 is 0 Å². The van der Waals surface area contributed by atoms with Gasteiger partial charge in [-0.25, -0.2) is 4.79 Å². The minimum absolute atomic E-state index is 0.00630. The molecule has 30 heavy (non-hydrogen) atoms. The van der Waals surface area contributed by atoms with Crippen LogP contribution in [-0.2, 0) is 20.0 Å². The van der Waals surface area contributed by atoms with Gasteiger partial charge in [0, 0.05) is 13.6 Å². The summed E-state index contributed by atoms with van der Waals surface area (Å²) in [5, 5.41) is 23.1. The zero-order chi connectivity index (χ0) is 21.8. The SMILES string of the molecule is CCc1cccc(OC[C@H](O)Cn2c(NC[C@H](C)O)nc3c2c(=O)[nH]c(=O)n3C)c1. The molecule has 3 aromatic rings. The van der Waals surface area contributed by atoms with Crippen molar-refractivity contribution < 1.29 is 14.9 Å². The fourth-order valence-electron chi connectivity index (χ4n) is 3.10. The summed E-state index contributed by atoms with van der Waals surface area (Å²) >= 11 is 0. The summed E-state index contributed by atoms with van der Waals surface area (Å²) in [5.74, 6) is 0.918. The second-order valence-corrected chi connectivity index (χ2v) is 7.23. The lowest BCUT2D eigenvalue weighted by molar-refractivity contribution is 0.0937. The Balaban J connectivity index is 1.87. The Morgan fingerprint density at radius 1 is 1.30 bits per heavy atom. The molecule has 10 heteroatoms. The van der Waals surface area contributed by atoms with Crippen molar-refractivity contribution in [2.75, 3.05) is 18.5 Å². The van der Waals surface area contributed by atoms with E-state index in [1.54, 1.807) is 6.92 Å². The first-order valence-corrected chi connectivity index (χ1v) is 9.81. The highest BCUT2D eigenvalue weighted by Crippen LogP contribution is 2.17. The number of anilines is 1. The average molecular weight is 417 g/mol. The molecule has 2 heterocycles. The van der Waals surface area contributed by atoms with Crippen LogP contribution in [0.25, 0.3) is 11.2 Å². The highest BCUT2D eigenvalue weighted by Gasteiger charge is 2.20. The van der Waals surface area contributed by atoms with Crippen LogP contribution < -0.4 is 21.3 Å². The lowest BCUT2D eigenvalue weighted by Crippen LogP contribution is -2.31. The van der Waals surface area contributed by atoms with E-state index in [4.69, 9.17) is 4.74 Å². The molecule has 0 fully saturated rings. The van der Waals surface area contributed by atoms with Crippen LogP contribution in [0, 0.1) is 0 Å². The second kappa shape index (κ2) is 9.14. The number of aromatic nitrogens is 4. The summed E-state index contributed by atoms with van der Waals surface area (Å²) in [6.45, 7) is 3.85. The average Bonchev–Trinajstić information content (AvgIpc) is 3.08. The van der Waals surface area contributed by atoms with Crippen molar-refractivity contribution in [3.63, 3.8) is 0 Å². The van der Waals surface area contributed by atoms with Crippen molar-refractivity contribution in [3.8, 4) is 5.75 Å². The Bertz CT molecular complexity index is 1130. The van der Waals surface area contributed by atoms with Crippen LogP contribution >= 0.6 is 0 Å². The Hall–Kier alpha value is -3.11.